The molecule has 5 heteroatoms. The maximum absolute atomic E-state index is 11.3. The van der Waals surface area contributed by atoms with Crippen LogP contribution in [0.1, 0.15) is 46.0 Å². The van der Waals surface area contributed by atoms with Crippen molar-refractivity contribution in [2.75, 3.05) is 19.8 Å². The lowest BCUT2D eigenvalue weighted by Crippen LogP contribution is -2.26. The van der Waals surface area contributed by atoms with Gasteiger partial charge in [-0.3, -0.25) is 4.79 Å². The summed E-state index contributed by atoms with van der Waals surface area (Å²) in [4.78, 5) is 13.2. The Balaban J connectivity index is 2.69. The molecule has 1 aliphatic rings. The van der Waals surface area contributed by atoms with Crippen molar-refractivity contribution in [1.29, 1.82) is 0 Å². The van der Waals surface area contributed by atoms with E-state index in [1.165, 1.54) is 4.48 Å². The Morgan fingerprint density at radius 3 is 2.71 bits per heavy atom. The number of carbonyl (C=O) groups is 1. The van der Waals surface area contributed by atoms with Gasteiger partial charge in [0.1, 0.15) is 5.76 Å². The summed E-state index contributed by atoms with van der Waals surface area (Å²) in [5, 5.41) is 8.81. The number of ether oxygens (including phenoxy) is 1. The lowest BCUT2D eigenvalue weighted by Gasteiger charge is -2.19. The molecule has 1 saturated carbocycles. The van der Waals surface area contributed by atoms with Crippen molar-refractivity contribution >= 4 is 22.3 Å². The number of rotatable bonds is 13. The molecule has 0 bridgehead atoms. The maximum Gasteiger partial charge on any atom is 0.210 e. The number of carbonyl (C=O) groups excluding carboxylic acids is 1. The van der Waals surface area contributed by atoms with Crippen LogP contribution >= 0.6 is 15.9 Å². The highest BCUT2D eigenvalue weighted by atomic mass is 79.9. The lowest BCUT2D eigenvalue weighted by molar-refractivity contribution is -0.118. The Morgan fingerprint density at radius 1 is 1.46 bits per heavy atom. The van der Waals surface area contributed by atoms with E-state index in [4.69, 9.17) is 9.84 Å². The number of hydrogen-bond donors (Lipinski definition) is 1. The Morgan fingerprint density at radius 2 is 2.17 bits per heavy atom. The number of halogens is 1. The second-order valence-electron chi connectivity index (χ2n) is 6.66. The molecule has 0 saturated heterocycles. The molecule has 0 atom stereocenters. The topological polar surface area (TPSA) is 49.8 Å². The van der Waals surface area contributed by atoms with Crippen LogP contribution in [0.15, 0.2) is 34.5 Å². The predicted octanol–water partition coefficient (Wildman–Crippen LogP) is 4.16. The third-order valence-corrected chi connectivity index (χ3v) is 4.33. The standard InChI is InChI=1S/C19H30BrNO3/c1-15(2)11-18(20)6-5-17(12-16(3)24-10-4-9-22)13-21(14-23)19-7-8-19/h6,12,14-15,19,22H,3-5,7-11,13H2,1-2H3/b17-12+,18-6+. The van der Waals surface area contributed by atoms with E-state index in [2.05, 4.69) is 42.4 Å². The first-order chi connectivity index (χ1) is 11.5. The Hall–Kier alpha value is -1.07. The molecule has 0 aromatic carbocycles. The molecule has 0 aliphatic heterocycles. The van der Waals surface area contributed by atoms with Gasteiger partial charge < -0.3 is 14.7 Å². The summed E-state index contributed by atoms with van der Waals surface area (Å²) < 4.78 is 6.69. The molecule has 4 nitrogen and oxygen atoms in total. The largest absolute Gasteiger partial charge is 0.494 e. The summed E-state index contributed by atoms with van der Waals surface area (Å²) in [7, 11) is 0. The van der Waals surface area contributed by atoms with Crippen LogP contribution in [0.25, 0.3) is 0 Å². The van der Waals surface area contributed by atoms with Gasteiger partial charge in [0.25, 0.3) is 0 Å². The van der Waals surface area contributed by atoms with E-state index in [1.807, 2.05) is 11.0 Å². The van der Waals surface area contributed by atoms with Crippen LogP contribution in [-0.2, 0) is 9.53 Å². The van der Waals surface area contributed by atoms with Crippen molar-refractivity contribution in [3.63, 3.8) is 0 Å². The second kappa shape index (κ2) is 11.5. The summed E-state index contributed by atoms with van der Waals surface area (Å²) in [5.41, 5.74) is 1.10. The van der Waals surface area contributed by atoms with Gasteiger partial charge in [0.15, 0.2) is 0 Å². The van der Waals surface area contributed by atoms with Crippen molar-refractivity contribution in [2.45, 2.75) is 52.0 Å². The molecule has 0 spiro atoms. The number of amides is 1. The monoisotopic (exact) mass is 399 g/mol. The minimum atomic E-state index is 0.106. The molecule has 24 heavy (non-hydrogen) atoms. The highest BCUT2D eigenvalue weighted by Gasteiger charge is 2.28. The summed E-state index contributed by atoms with van der Waals surface area (Å²) in [6, 6.07) is 0.387. The first-order valence-electron chi connectivity index (χ1n) is 8.63. The molecule has 1 aliphatic carbocycles. The quantitative estimate of drug-likeness (QED) is 0.219. The number of aliphatic hydroxyl groups is 1. The van der Waals surface area contributed by atoms with Gasteiger partial charge in [-0.1, -0.05) is 42.4 Å². The number of hydrogen-bond acceptors (Lipinski definition) is 3. The van der Waals surface area contributed by atoms with Gasteiger partial charge in [-0.05, 0) is 47.7 Å². The normalized spacial score (nSPS) is 15.5. The third kappa shape index (κ3) is 9.28. The molecule has 1 rings (SSSR count). The zero-order valence-electron chi connectivity index (χ0n) is 14.8. The summed E-state index contributed by atoms with van der Waals surface area (Å²) in [6.07, 6.45) is 9.54. The van der Waals surface area contributed by atoms with Crippen LogP contribution in [-0.4, -0.2) is 42.2 Å². The van der Waals surface area contributed by atoms with Crippen molar-refractivity contribution in [3.05, 3.63) is 34.5 Å². The minimum absolute atomic E-state index is 0.106. The number of aliphatic hydroxyl groups excluding tert-OH is 1. The van der Waals surface area contributed by atoms with Gasteiger partial charge in [-0.25, -0.2) is 0 Å². The summed E-state index contributed by atoms with van der Waals surface area (Å²) >= 11 is 3.62. The molecule has 1 amide bonds. The molecule has 0 radical (unpaired) electrons. The van der Waals surface area contributed by atoms with E-state index in [1.54, 1.807) is 0 Å². The average Bonchev–Trinajstić information content (AvgIpc) is 3.34. The van der Waals surface area contributed by atoms with Gasteiger partial charge in [0.05, 0.1) is 6.61 Å². The summed E-state index contributed by atoms with van der Waals surface area (Å²) in [5.74, 6) is 1.17. The van der Waals surface area contributed by atoms with E-state index >= 15 is 0 Å². The molecule has 0 unspecified atom stereocenters. The van der Waals surface area contributed by atoms with Crippen LogP contribution in [0, 0.1) is 5.92 Å². The van der Waals surface area contributed by atoms with Crippen LogP contribution in [0.2, 0.25) is 0 Å². The van der Waals surface area contributed by atoms with Crippen LogP contribution in [0.3, 0.4) is 0 Å². The van der Waals surface area contributed by atoms with E-state index in [-0.39, 0.29) is 6.61 Å². The third-order valence-electron chi connectivity index (χ3n) is 3.68. The van der Waals surface area contributed by atoms with E-state index in [0.29, 0.717) is 37.3 Å². The number of allylic oxidation sites excluding steroid dienone is 3. The van der Waals surface area contributed by atoms with Crippen molar-refractivity contribution in [2.24, 2.45) is 5.92 Å². The predicted molar refractivity (Wildman–Crippen MR) is 102 cm³/mol. The van der Waals surface area contributed by atoms with Gasteiger partial charge in [-0.2, -0.15) is 0 Å². The molecule has 0 aromatic rings. The van der Waals surface area contributed by atoms with Crippen LogP contribution in [0.5, 0.6) is 0 Å². The van der Waals surface area contributed by atoms with Crippen LogP contribution < -0.4 is 0 Å². The van der Waals surface area contributed by atoms with Crippen molar-refractivity contribution in [3.8, 4) is 0 Å². The first kappa shape index (κ1) is 21.0. The van der Waals surface area contributed by atoms with E-state index in [9.17, 15) is 4.79 Å². The first-order valence-corrected chi connectivity index (χ1v) is 9.43. The van der Waals surface area contributed by atoms with Gasteiger partial charge >= 0.3 is 0 Å². The zero-order valence-corrected chi connectivity index (χ0v) is 16.4. The Kier molecular flexibility index (Phi) is 10.0. The van der Waals surface area contributed by atoms with Gasteiger partial charge in [0.2, 0.25) is 6.41 Å². The minimum Gasteiger partial charge on any atom is -0.494 e. The Labute approximate surface area is 154 Å². The van der Waals surface area contributed by atoms with Gasteiger partial charge in [-0.15, -0.1) is 0 Å². The van der Waals surface area contributed by atoms with E-state index < -0.39 is 0 Å². The molecule has 1 fully saturated rings. The smallest absolute Gasteiger partial charge is 0.210 e. The van der Waals surface area contributed by atoms with E-state index in [0.717, 1.165) is 37.7 Å². The van der Waals surface area contributed by atoms with Gasteiger partial charge in [0, 0.05) is 25.6 Å². The van der Waals surface area contributed by atoms with Crippen molar-refractivity contribution in [1.82, 2.24) is 4.90 Å². The molecule has 0 heterocycles. The highest BCUT2D eigenvalue weighted by Crippen LogP contribution is 2.27. The van der Waals surface area contributed by atoms with Crippen molar-refractivity contribution < 1.29 is 14.6 Å². The fourth-order valence-electron chi connectivity index (χ4n) is 2.31. The second-order valence-corrected chi connectivity index (χ2v) is 7.68. The maximum atomic E-state index is 11.3. The zero-order chi connectivity index (χ0) is 17.9. The molecule has 1 N–H and O–H groups in total. The molecule has 136 valence electrons. The fourth-order valence-corrected chi connectivity index (χ4v) is 3.12. The molecule has 0 aromatic heterocycles. The molecular formula is C19H30BrNO3. The van der Waals surface area contributed by atoms with Crippen LogP contribution in [0.4, 0.5) is 0 Å². The summed E-state index contributed by atoms with van der Waals surface area (Å²) in [6.45, 7) is 9.45. The highest BCUT2D eigenvalue weighted by molar-refractivity contribution is 9.11. The molecular weight excluding hydrogens is 370 g/mol. The lowest BCUT2D eigenvalue weighted by atomic mass is 10.1. The SMILES string of the molecule is C=C(/C=C(\C/C=C(/Br)CC(C)C)CN(C=O)C1CC1)OCCCO. The number of nitrogens with zero attached hydrogens (tertiary/aromatic N) is 1. The Bertz CT molecular complexity index is 467. The fraction of sp³-hybridized carbons (Fsp3) is 0.632. The average molecular weight is 400 g/mol.